The highest BCUT2D eigenvalue weighted by atomic mass is 16.6. The topological polar surface area (TPSA) is 105 Å². The maximum absolute atomic E-state index is 12.7. The smallest absolute Gasteiger partial charge is 0.340 e. The van der Waals surface area contributed by atoms with Gasteiger partial charge in [0, 0.05) is 5.56 Å². The van der Waals surface area contributed by atoms with E-state index in [-0.39, 0.29) is 17.1 Å². The number of carbonyl (C=O) groups is 1. The number of esters is 1. The summed E-state index contributed by atoms with van der Waals surface area (Å²) < 4.78 is 37.0. The van der Waals surface area contributed by atoms with E-state index in [2.05, 4.69) is 0 Å². The molecule has 160 valence electrons. The van der Waals surface area contributed by atoms with E-state index in [0.29, 0.717) is 28.6 Å². The highest BCUT2D eigenvalue weighted by molar-refractivity contribution is 5.91. The summed E-state index contributed by atoms with van der Waals surface area (Å²) in [6.07, 6.45) is -1.23. The highest BCUT2D eigenvalue weighted by Gasteiger charge is 2.24. The molecule has 0 bridgehead atoms. The van der Waals surface area contributed by atoms with E-state index in [4.69, 9.17) is 33.2 Å². The maximum Gasteiger partial charge on any atom is 0.340 e. The first-order valence-corrected chi connectivity index (χ1v) is 8.68. The van der Waals surface area contributed by atoms with Crippen LogP contribution in [0, 0.1) is 11.3 Å². The summed E-state index contributed by atoms with van der Waals surface area (Å²) >= 11 is 0. The third-order valence-electron chi connectivity index (χ3n) is 4.23. The van der Waals surface area contributed by atoms with Gasteiger partial charge in [0.15, 0.2) is 23.0 Å². The SMILES string of the molecule is COc1cc(C(=O)OC(C#N)c2cc(OC)c(OC)c(OC)c2)cc(OC)c1OC. The molecule has 2 rings (SSSR count). The van der Waals surface area contributed by atoms with Crippen LogP contribution in [0.1, 0.15) is 22.0 Å². The molecule has 0 saturated heterocycles. The molecule has 0 aliphatic rings. The van der Waals surface area contributed by atoms with Crippen molar-refractivity contribution in [1.29, 1.82) is 5.26 Å². The molecule has 0 heterocycles. The molecule has 0 fully saturated rings. The number of carbonyl (C=O) groups excluding carboxylic acids is 1. The first-order chi connectivity index (χ1) is 14.5. The number of ether oxygens (including phenoxy) is 7. The van der Waals surface area contributed by atoms with Gasteiger partial charge in [-0.1, -0.05) is 0 Å². The molecule has 1 unspecified atom stereocenters. The lowest BCUT2D eigenvalue weighted by molar-refractivity contribution is 0.0402. The highest BCUT2D eigenvalue weighted by Crippen LogP contribution is 2.41. The summed E-state index contributed by atoms with van der Waals surface area (Å²) in [4.78, 5) is 12.7. The average Bonchev–Trinajstić information content (AvgIpc) is 2.79. The molecule has 9 nitrogen and oxygen atoms in total. The summed E-state index contributed by atoms with van der Waals surface area (Å²) in [5, 5.41) is 9.60. The summed E-state index contributed by atoms with van der Waals surface area (Å²) in [7, 11) is 8.68. The van der Waals surface area contributed by atoms with Crippen LogP contribution in [-0.2, 0) is 4.74 Å². The summed E-state index contributed by atoms with van der Waals surface area (Å²) in [6, 6.07) is 7.91. The van der Waals surface area contributed by atoms with Gasteiger partial charge < -0.3 is 33.2 Å². The van der Waals surface area contributed by atoms with Crippen molar-refractivity contribution in [2.75, 3.05) is 42.7 Å². The molecule has 1 atom stereocenters. The van der Waals surface area contributed by atoms with Gasteiger partial charge in [-0.2, -0.15) is 5.26 Å². The minimum Gasteiger partial charge on any atom is -0.493 e. The minimum absolute atomic E-state index is 0.122. The van der Waals surface area contributed by atoms with Crippen molar-refractivity contribution in [2.24, 2.45) is 0 Å². The standard InChI is InChI=1S/C21H23NO8/c1-24-14-7-12(8-15(25-2)19(14)28-5)18(11-22)30-21(23)13-9-16(26-3)20(29-6)17(10-13)27-4/h7-10,18H,1-6H3. The van der Waals surface area contributed by atoms with Crippen LogP contribution in [0.3, 0.4) is 0 Å². The molecule has 0 aliphatic heterocycles. The van der Waals surface area contributed by atoms with Crippen LogP contribution < -0.4 is 28.4 Å². The largest absolute Gasteiger partial charge is 0.493 e. The lowest BCUT2D eigenvalue weighted by Crippen LogP contribution is -2.12. The van der Waals surface area contributed by atoms with Crippen LogP contribution in [0.2, 0.25) is 0 Å². The second kappa shape index (κ2) is 10.1. The lowest BCUT2D eigenvalue weighted by Gasteiger charge is -2.17. The molecular weight excluding hydrogens is 394 g/mol. The fourth-order valence-corrected chi connectivity index (χ4v) is 2.80. The van der Waals surface area contributed by atoms with E-state index in [9.17, 15) is 10.1 Å². The van der Waals surface area contributed by atoms with Crippen LogP contribution >= 0.6 is 0 Å². The van der Waals surface area contributed by atoms with Gasteiger partial charge in [0.1, 0.15) is 6.07 Å². The van der Waals surface area contributed by atoms with E-state index < -0.39 is 12.1 Å². The Labute approximate surface area is 174 Å². The van der Waals surface area contributed by atoms with Crippen molar-refractivity contribution < 1.29 is 38.0 Å². The van der Waals surface area contributed by atoms with Crippen LogP contribution in [0.4, 0.5) is 0 Å². The van der Waals surface area contributed by atoms with Gasteiger partial charge in [0.2, 0.25) is 17.6 Å². The van der Waals surface area contributed by atoms with E-state index in [1.54, 1.807) is 0 Å². The molecule has 0 saturated carbocycles. The van der Waals surface area contributed by atoms with E-state index in [0.717, 1.165) is 0 Å². The molecule has 9 heteroatoms. The molecule has 0 radical (unpaired) electrons. The third-order valence-corrected chi connectivity index (χ3v) is 4.23. The number of benzene rings is 2. The molecule has 0 N–H and O–H groups in total. The average molecular weight is 417 g/mol. The number of hydrogen-bond donors (Lipinski definition) is 0. The summed E-state index contributed by atoms with van der Waals surface area (Å²) in [5.74, 6) is 1.16. The molecule has 2 aromatic carbocycles. The fraction of sp³-hybridized carbons (Fsp3) is 0.333. The van der Waals surface area contributed by atoms with Crippen molar-refractivity contribution >= 4 is 5.97 Å². The van der Waals surface area contributed by atoms with Gasteiger partial charge in [-0.15, -0.1) is 0 Å². The third kappa shape index (κ3) is 4.43. The Hall–Kier alpha value is -3.80. The van der Waals surface area contributed by atoms with Gasteiger partial charge in [0.25, 0.3) is 0 Å². The predicted molar refractivity (Wildman–Crippen MR) is 106 cm³/mol. The van der Waals surface area contributed by atoms with Crippen LogP contribution in [-0.4, -0.2) is 48.6 Å². The number of nitrogens with zero attached hydrogens (tertiary/aromatic N) is 1. The zero-order chi connectivity index (χ0) is 22.3. The quantitative estimate of drug-likeness (QED) is 0.569. The second-order valence-electron chi connectivity index (χ2n) is 5.79. The molecular formula is C21H23NO8. The maximum atomic E-state index is 12.7. The summed E-state index contributed by atoms with van der Waals surface area (Å²) in [6.45, 7) is 0. The zero-order valence-electron chi connectivity index (χ0n) is 17.6. The number of methoxy groups -OCH3 is 6. The van der Waals surface area contributed by atoms with Gasteiger partial charge in [-0.05, 0) is 24.3 Å². The summed E-state index contributed by atoms with van der Waals surface area (Å²) in [5.41, 5.74) is 0.477. The Bertz CT molecular complexity index is 900. The number of nitriles is 1. The first-order valence-electron chi connectivity index (χ1n) is 8.68. The Morgan fingerprint density at radius 3 is 1.47 bits per heavy atom. The van der Waals surface area contributed by atoms with Crippen molar-refractivity contribution in [2.45, 2.75) is 6.10 Å². The molecule has 0 aliphatic carbocycles. The number of rotatable bonds is 9. The van der Waals surface area contributed by atoms with E-state index >= 15 is 0 Å². The van der Waals surface area contributed by atoms with Crippen molar-refractivity contribution in [1.82, 2.24) is 0 Å². The van der Waals surface area contributed by atoms with E-state index in [1.807, 2.05) is 6.07 Å². The van der Waals surface area contributed by atoms with Crippen molar-refractivity contribution in [3.05, 3.63) is 35.4 Å². The molecule has 0 spiro atoms. The molecule has 2 aromatic rings. The van der Waals surface area contributed by atoms with Gasteiger partial charge in [-0.3, -0.25) is 0 Å². The zero-order valence-corrected chi connectivity index (χ0v) is 17.6. The first kappa shape index (κ1) is 22.5. The minimum atomic E-state index is -1.23. The van der Waals surface area contributed by atoms with Gasteiger partial charge in [0.05, 0.1) is 48.2 Å². The molecule has 0 aromatic heterocycles. The van der Waals surface area contributed by atoms with E-state index in [1.165, 1.54) is 66.9 Å². The van der Waals surface area contributed by atoms with Gasteiger partial charge in [-0.25, -0.2) is 4.79 Å². The monoisotopic (exact) mass is 417 g/mol. The Balaban J connectivity index is 2.41. The normalized spacial score (nSPS) is 11.0. The van der Waals surface area contributed by atoms with Crippen LogP contribution in [0.15, 0.2) is 24.3 Å². The van der Waals surface area contributed by atoms with Crippen LogP contribution in [0.5, 0.6) is 34.5 Å². The van der Waals surface area contributed by atoms with Crippen molar-refractivity contribution in [3.63, 3.8) is 0 Å². The lowest BCUT2D eigenvalue weighted by atomic mass is 10.1. The van der Waals surface area contributed by atoms with Crippen LogP contribution in [0.25, 0.3) is 0 Å². The van der Waals surface area contributed by atoms with Crippen molar-refractivity contribution in [3.8, 4) is 40.6 Å². The predicted octanol–water partition coefficient (Wildman–Crippen LogP) is 3.16. The Morgan fingerprint density at radius 1 is 0.733 bits per heavy atom. The van der Waals surface area contributed by atoms with Gasteiger partial charge >= 0.3 is 5.97 Å². The fourth-order valence-electron chi connectivity index (χ4n) is 2.80. The second-order valence-corrected chi connectivity index (χ2v) is 5.79. The Kier molecular flexibility index (Phi) is 7.58. The number of hydrogen-bond acceptors (Lipinski definition) is 9. The Morgan fingerprint density at radius 2 is 1.13 bits per heavy atom. The molecule has 0 amide bonds. The molecule has 30 heavy (non-hydrogen) atoms.